The molecule has 0 aromatic carbocycles. The number of hydrogen-bond donors (Lipinski definition) is 1. The molecule has 0 aliphatic carbocycles. The molecular formula is C16H34N2O. The second-order valence-corrected chi connectivity index (χ2v) is 6.90. The molecule has 1 aliphatic heterocycles. The van der Waals surface area contributed by atoms with Crippen molar-refractivity contribution in [3.05, 3.63) is 0 Å². The van der Waals surface area contributed by atoms with Crippen molar-refractivity contribution >= 4 is 0 Å². The third-order valence-corrected chi connectivity index (χ3v) is 3.70. The van der Waals surface area contributed by atoms with Crippen molar-refractivity contribution in [1.82, 2.24) is 10.2 Å². The third-order valence-electron chi connectivity index (χ3n) is 3.70. The number of piperidine rings is 1. The van der Waals surface area contributed by atoms with Crippen molar-refractivity contribution in [1.29, 1.82) is 0 Å². The van der Waals surface area contributed by atoms with Crippen LogP contribution in [-0.4, -0.2) is 49.3 Å². The van der Waals surface area contributed by atoms with E-state index in [1.165, 1.54) is 38.8 Å². The summed E-state index contributed by atoms with van der Waals surface area (Å²) in [5.74, 6) is 0. The van der Waals surface area contributed by atoms with Crippen molar-refractivity contribution < 1.29 is 4.74 Å². The van der Waals surface area contributed by atoms with Crippen LogP contribution in [0.2, 0.25) is 0 Å². The van der Waals surface area contributed by atoms with Crippen molar-refractivity contribution in [3.63, 3.8) is 0 Å². The summed E-state index contributed by atoms with van der Waals surface area (Å²) in [5, 5.41) is 3.52. The lowest BCUT2D eigenvalue weighted by Gasteiger charge is -2.27. The van der Waals surface area contributed by atoms with Crippen LogP contribution < -0.4 is 5.32 Å². The van der Waals surface area contributed by atoms with Gasteiger partial charge in [0, 0.05) is 12.1 Å². The minimum absolute atomic E-state index is 0.234. The maximum atomic E-state index is 5.91. The largest absolute Gasteiger partial charge is 0.377 e. The maximum absolute atomic E-state index is 5.91. The highest BCUT2D eigenvalue weighted by Crippen LogP contribution is 2.09. The van der Waals surface area contributed by atoms with Gasteiger partial charge < -0.3 is 15.0 Å². The fraction of sp³-hybridized carbons (Fsp3) is 1.00. The Labute approximate surface area is 120 Å². The summed E-state index contributed by atoms with van der Waals surface area (Å²) in [4.78, 5) is 2.54. The molecule has 1 aliphatic rings. The Bertz CT molecular complexity index is 219. The zero-order chi connectivity index (χ0) is 14.1. The van der Waals surface area contributed by atoms with Crippen molar-refractivity contribution in [3.8, 4) is 0 Å². The predicted molar refractivity (Wildman–Crippen MR) is 82.7 cm³/mol. The van der Waals surface area contributed by atoms with Crippen LogP contribution in [-0.2, 0) is 4.74 Å². The molecule has 0 bridgehead atoms. The number of rotatable bonds is 8. The Morgan fingerprint density at radius 3 is 2.47 bits per heavy atom. The smallest absolute Gasteiger partial charge is 0.0597 e. The molecule has 1 saturated heterocycles. The summed E-state index contributed by atoms with van der Waals surface area (Å²) in [6.07, 6.45) is 6.90. The molecule has 0 aromatic heterocycles. The molecule has 1 fully saturated rings. The van der Waals surface area contributed by atoms with Crippen molar-refractivity contribution in [2.75, 3.05) is 32.8 Å². The van der Waals surface area contributed by atoms with Crippen molar-refractivity contribution in [2.24, 2.45) is 0 Å². The first-order valence-corrected chi connectivity index (χ1v) is 8.06. The summed E-state index contributed by atoms with van der Waals surface area (Å²) >= 11 is 0. The summed E-state index contributed by atoms with van der Waals surface area (Å²) < 4.78 is 5.91. The summed E-state index contributed by atoms with van der Waals surface area (Å²) in [5.41, 5.74) is 0.234. The van der Waals surface area contributed by atoms with Crippen LogP contribution in [0.25, 0.3) is 0 Å². The van der Waals surface area contributed by atoms with Crippen LogP contribution in [0.1, 0.15) is 59.8 Å². The average Bonchev–Trinajstić information content (AvgIpc) is 2.35. The number of nitrogens with one attached hydrogen (secondary N) is 1. The minimum Gasteiger partial charge on any atom is -0.377 e. The van der Waals surface area contributed by atoms with Gasteiger partial charge in [-0.05, 0) is 73.0 Å². The molecule has 0 spiro atoms. The molecule has 3 heteroatoms. The quantitative estimate of drug-likeness (QED) is 0.686. The van der Waals surface area contributed by atoms with E-state index in [0.29, 0.717) is 6.10 Å². The van der Waals surface area contributed by atoms with Crippen molar-refractivity contribution in [2.45, 2.75) is 71.4 Å². The van der Waals surface area contributed by atoms with Gasteiger partial charge in [-0.1, -0.05) is 6.42 Å². The van der Waals surface area contributed by atoms with Crippen LogP contribution in [0, 0.1) is 0 Å². The molecule has 1 heterocycles. The monoisotopic (exact) mass is 270 g/mol. The molecule has 0 aromatic rings. The Morgan fingerprint density at radius 2 is 1.84 bits per heavy atom. The molecule has 1 N–H and O–H groups in total. The second-order valence-electron chi connectivity index (χ2n) is 6.90. The fourth-order valence-electron chi connectivity index (χ4n) is 2.50. The number of ether oxygens (including phenoxy) is 1. The van der Waals surface area contributed by atoms with E-state index in [1.54, 1.807) is 0 Å². The normalized spacial score (nSPS) is 19.6. The van der Waals surface area contributed by atoms with Crippen LogP contribution >= 0.6 is 0 Å². The SMILES string of the molecule is CC(CCCNC(C)(C)C)OCCN1CCCCC1. The van der Waals surface area contributed by atoms with E-state index < -0.39 is 0 Å². The van der Waals surface area contributed by atoms with Crippen LogP contribution in [0.15, 0.2) is 0 Å². The summed E-state index contributed by atoms with van der Waals surface area (Å²) in [6, 6.07) is 0. The molecule has 0 saturated carbocycles. The van der Waals surface area contributed by atoms with Gasteiger partial charge in [0.15, 0.2) is 0 Å². The molecule has 1 unspecified atom stereocenters. The lowest BCUT2D eigenvalue weighted by atomic mass is 10.1. The average molecular weight is 270 g/mol. The zero-order valence-corrected chi connectivity index (χ0v) is 13.5. The lowest BCUT2D eigenvalue weighted by molar-refractivity contribution is 0.0391. The van der Waals surface area contributed by atoms with Gasteiger partial charge in [-0.2, -0.15) is 0 Å². The van der Waals surface area contributed by atoms with Gasteiger partial charge in [-0.15, -0.1) is 0 Å². The van der Waals surface area contributed by atoms with Crippen LogP contribution in [0.3, 0.4) is 0 Å². The van der Waals surface area contributed by atoms with E-state index in [-0.39, 0.29) is 5.54 Å². The fourth-order valence-corrected chi connectivity index (χ4v) is 2.50. The molecule has 0 amide bonds. The number of likely N-dealkylation sites (tertiary alicyclic amines) is 1. The van der Waals surface area contributed by atoms with Gasteiger partial charge in [0.05, 0.1) is 12.7 Å². The molecular weight excluding hydrogens is 236 g/mol. The topological polar surface area (TPSA) is 24.5 Å². The van der Waals surface area contributed by atoms with Gasteiger partial charge in [0.25, 0.3) is 0 Å². The van der Waals surface area contributed by atoms with Gasteiger partial charge >= 0.3 is 0 Å². The second kappa shape index (κ2) is 8.93. The molecule has 114 valence electrons. The van der Waals surface area contributed by atoms with Crippen LogP contribution in [0.5, 0.6) is 0 Å². The number of nitrogens with zero attached hydrogens (tertiary/aromatic N) is 1. The first kappa shape index (κ1) is 16.9. The van der Waals surface area contributed by atoms with E-state index in [1.807, 2.05) is 0 Å². The van der Waals surface area contributed by atoms with E-state index >= 15 is 0 Å². The van der Waals surface area contributed by atoms with E-state index in [4.69, 9.17) is 4.74 Å². The Hall–Kier alpha value is -0.120. The zero-order valence-electron chi connectivity index (χ0n) is 13.5. The first-order valence-electron chi connectivity index (χ1n) is 8.06. The highest BCUT2D eigenvalue weighted by atomic mass is 16.5. The van der Waals surface area contributed by atoms with Gasteiger partial charge in [0.2, 0.25) is 0 Å². The maximum Gasteiger partial charge on any atom is 0.0597 e. The Morgan fingerprint density at radius 1 is 1.16 bits per heavy atom. The Balaban J connectivity index is 1.94. The lowest BCUT2D eigenvalue weighted by Crippen LogP contribution is -2.36. The molecule has 1 atom stereocenters. The third kappa shape index (κ3) is 9.42. The van der Waals surface area contributed by atoms with Gasteiger partial charge in [-0.25, -0.2) is 0 Å². The minimum atomic E-state index is 0.234. The van der Waals surface area contributed by atoms with E-state index in [2.05, 4.69) is 37.9 Å². The van der Waals surface area contributed by atoms with Crippen LogP contribution in [0.4, 0.5) is 0 Å². The first-order chi connectivity index (χ1) is 8.97. The predicted octanol–water partition coefficient (Wildman–Crippen LogP) is 3.05. The summed E-state index contributed by atoms with van der Waals surface area (Å²) in [7, 11) is 0. The summed E-state index contributed by atoms with van der Waals surface area (Å²) in [6.45, 7) is 14.5. The standard InChI is InChI=1S/C16H34N2O/c1-15(9-8-10-17-16(2,3)4)19-14-13-18-11-6-5-7-12-18/h15,17H,5-14H2,1-4H3. The molecule has 19 heavy (non-hydrogen) atoms. The molecule has 0 radical (unpaired) electrons. The molecule has 3 nitrogen and oxygen atoms in total. The van der Waals surface area contributed by atoms with E-state index in [9.17, 15) is 0 Å². The number of hydrogen-bond acceptors (Lipinski definition) is 3. The highest BCUT2D eigenvalue weighted by Gasteiger charge is 2.11. The molecule has 1 rings (SSSR count). The Kier molecular flexibility index (Phi) is 7.96. The van der Waals surface area contributed by atoms with Gasteiger partial charge in [0.1, 0.15) is 0 Å². The highest BCUT2D eigenvalue weighted by molar-refractivity contribution is 4.70. The van der Waals surface area contributed by atoms with Gasteiger partial charge in [-0.3, -0.25) is 0 Å². The van der Waals surface area contributed by atoms with E-state index in [0.717, 1.165) is 26.1 Å².